The van der Waals surface area contributed by atoms with Gasteiger partial charge in [0.1, 0.15) is 32.3 Å². The van der Waals surface area contributed by atoms with Crippen molar-refractivity contribution in [2.45, 2.75) is 57.5 Å². The van der Waals surface area contributed by atoms with Gasteiger partial charge in [-0.15, -0.1) is 0 Å². The zero-order chi connectivity index (χ0) is 25.1. The van der Waals surface area contributed by atoms with Gasteiger partial charge in [-0.3, -0.25) is 0 Å². The van der Waals surface area contributed by atoms with Crippen LogP contribution in [0.3, 0.4) is 0 Å². The van der Waals surface area contributed by atoms with Crippen LogP contribution >= 0.6 is 0 Å². The highest BCUT2D eigenvalue weighted by Crippen LogP contribution is 2.39. The Morgan fingerprint density at radius 2 is 1.46 bits per heavy atom. The molecule has 1 saturated carbocycles. The monoisotopic (exact) mass is 498 g/mol. The molecule has 2 aromatic carbocycles. The maximum Gasteiger partial charge on any atom is 0.433 e. The van der Waals surface area contributed by atoms with Crippen molar-refractivity contribution in [3.8, 4) is 23.0 Å². The Balaban J connectivity index is 1.58. The third-order valence-electron chi connectivity index (χ3n) is 6.16. The van der Waals surface area contributed by atoms with Crippen LogP contribution < -0.4 is 18.9 Å². The average molecular weight is 499 g/mol. The summed E-state index contributed by atoms with van der Waals surface area (Å²) >= 11 is 0. The first-order chi connectivity index (χ1) is 17.0. The molecule has 0 aliphatic heterocycles. The van der Waals surface area contributed by atoms with Crippen LogP contribution in [0, 0.1) is 5.92 Å². The fourth-order valence-electron chi connectivity index (χ4n) is 4.52. The Kier molecular flexibility index (Phi) is 10.4. The predicted molar refractivity (Wildman–Crippen MR) is 127 cm³/mol. The summed E-state index contributed by atoms with van der Waals surface area (Å²) in [5.41, 5.74) is 1.15. The second-order valence-electron chi connectivity index (χ2n) is 8.76. The van der Waals surface area contributed by atoms with Crippen LogP contribution in [-0.4, -0.2) is 39.3 Å². The molecule has 2 aromatic rings. The van der Waals surface area contributed by atoms with Gasteiger partial charge in [0.05, 0.1) is 0 Å². The van der Waals surface area contributed by atoms with E-state index in [-0.39, 0.29) is 36.2 Å². The van der Waals surface area contributed by atoms with Gasteiger partial charge >= 0.3 is 6.11 Å². The Morgan fingerprint density at radius 1 is 0.829 bits per heavy atom. The van der Waals surface area contributed by atoms with E-state index >= 15 is 0 Å². The molecule has 35 heavy (non-hydrogen) atoms. The summed E-state index contributed by atoms with van der Waals surface area (Å²) < 4.78 is 74.7. The number of alkyl halides is 4. The second kappa shape index (κ2) is 13.4. The van der Waals surface area contributed by atoms with Crippen molar-refractivity contribution in [3.05, 3.63) is 48.0 Å². The lowest BCUT2D eigenvalue weighted by atomic mass is 9.77. The van der Waals surface area contributed by atoms with Gasteiger partial charge in [-0.05, 0) is 67.3 Å². The van der Waals surface area contributed by atoms with E-state index in [9.17, 15) is 17.6 Å². The molecule has 0 amide bonds. The smallest absolute Gasteiger partial charge is 0.433 e. The summed E-state index contributed by atoms with van der Waals surface area (Å²) in [6, 6.07) is 11.2. The molecular formula is C27H34F4O4. The van der Waals surface area contributed by atoms with Gasteiger partial charge in [0.2, 0.25) is 5.75 Å². The number of halogens is 4. The highest BCUT2D eigenvalue weighted by atomic mass is 19.3. The summed E-state index contributed by atoms with van der Waals surface area (Å²) in [5.74, 6) is 1.24. The van der Waals surface area contributed by atoms with E-state index in [0.29, 0.717) is 5.92 Å². The maximum absolute atomic E-state index is 14.5. The minimum absolute atomic E-state index is 0.0379. The standard InChI is InChI=1S/C27H34F4O4/c1-2-4-20-7-9-21(10-8-20)22-11-13-23(14-12-22)35-27(30,31)19-34-25-6-3-5-24(32-17-15-28)26(25)33-18-16-29/h3,5-6,11-14,20-21H,2,4,7-10,15-19H2,1H3. The normalized spacial score (nSPS) is 18.2. The number of para-hydroxylation sites is 1. The maximum atomic E-state index is 14.5. The molecule has 0 heterocycles. The van der Waals surface area contributed by atoms with Gasteiger partial charge in [0, 0.05) is 0 Å². The predicted octanol–water partition coefficient (Wildman–Crippen LogP) is 7.51. The number of hydrogen-bond donors (Lipinski definition) is 0. The van der Waals surface area contributed by atoms with Crippen LogP contribution in [0.4, 0.5) is 17.6 Å². The van der Waals surface area contributed by atoms with Crippen molar-refractivity contribution >= 4 is 0 Å². The first-order valence-electron chi connectivity index (χ1n) is 12.3. The summed E-state index contributed by atoms with van der Waals surface area (Å²) in [4.78, 5) is 0. The summed E-state index contributed by atoms with van der Waals surface area (Å²) in [5, 5.41) is 0. The van der Waals surface area contributed by atoms with Crippen LogP contribution in [-0.2, 0) is 0 Å². The molecule has 0 bridgehead atoms. The second-order valence-corrected chi connectivity index (χ2v) is 8.76. The van der Waals surface area contributed by atoms with Crippen molar-refractivity contribution < 1.29 is 36.5 Å². The molecule has 1 fully saturated rings. The van der Waals surface area contributed by atoms with Gasteiger partial charge in [0.15, 0.2) is 18.1 Å². The van der Waals surface area contributed by atoms with Crippen LogP contribution in [0.15, 0.2) is 42.5 Å². The summed E-state index contributed by atoms with van der Waals surface area (Å²) in [6.07, 6.45) is 3.52. The van der Waals surface area contributed by atoms with Crippen molar-refractivity contribution in [2.75, 3.05) is 33.2 Å². The lowest BCUT2D eigenvalue weighted by Crippen LogP contribution is -2.32. The van der Waals surface area contributed by atoms with E-state index < -0.39 is 26.1 Å². The molecule has 0 saturated heterocycles. The molecular weight excluding hydrogens is 464 g/mol. The topological polar surface area (TPSA) is 36.9 Å². The zero-order valence-corrected chi connectivity index (χ0v) is 20.1. The third-order valence-corrected chi connectivity index (χ3v) is 6.16. The molecule has 1 aliphatic rings. The van der Waals surface area contributed by atoms with Crippen molar-refractivity contribution in [3.63, 3.8) is 0 Å². The molecule has 0 atom stereocenters. The van der Waals surface area contributed by atoms with E-state index in [1.165, 1.54) is 43.9 Å². The van der Waals surface area contributed by atoms with Gasteiger partial charge in [-0.25, -0.2) is 8.78 Å². The Hall–Kier alpha value is -2.64. The molecule has 194 valence electrons. The lowest BCUT2D eigenvalue weighted by molar-refractivity contribution is -0.195. The SMILES string of the molecule is CCCC1CCC(c2ccc(OC(F)(F)COc3cccc(OCCF)c3OCCF)cc2)CC1. The fraction of sp³-hybridized carbons (Fsp3) is 0.556. The van der Waals surface area contributed by atoms with Crippen LogP contribution in [0.5, 0.6) is 23.0 Å². The number of rotatable bonds is 14. The fourth-order valence-corrected chi connectivity index (χ4v) is 4.52. The summed E-state index contributed by atoms with van der Waals surface area (Å²) in [6.45, 7) is -1.03. The number of hydrogen-bond acceptors (Lipinski definition) is 4. The third kappa shape index (κ3) is 8.22. The van der Waals surface area contributed by atoms with Crippen LogP contribution in [0.2, 0.25) is 0 Å². The van der Waals surface area contributed by atoms with E-state index in [0.717, 1.165) is 24.3 Å². The quantitative estimate of drug-likeness (QED) is 0.253. The Morgan fingerprint density at radius 3 is 2.09 bits per heavy atom. The zero-order valence-electron chi connectivity index (χ0n) is 20.1. The van der Waals surface area contributed by atoms with Gasteiger partial charge < -0.3 is 18.9 Å². The van der Waals surface area contributed by atoms with Crippen molar-refractivity contribution in [1.82, 2.24) is 0 Å². The largest absolute Gasteiger partial charge is 0.487 e. The lowest BCUT2D eigenvalue weighted by Gasteiger charge is -2.28. The van der Waals surface area contributed by atoms with Gasteiger partial charge in [0.25, 0.3) is 0 Å². The molecule has 1 aliphatic carbocycles. The minimum atomic E-state index is -3.63. The highest BCUT2D eigenvalue weighted by Gasteiger charge is 2.34. The van der Waals surface area contributed by atoms with Crippen molar-refractivity contribution in [2.24, 2.45) is 5.92 Å². The first kappa shape index (κ1) is 27.0. The van der Waals surface area contributed by atoms with E-state index in [2.05, 4.69) is 6.92 Å². The molecule has 8 heteroatoms. The Bertz CT molecular complexity index is 883. The van der Waals surface area contributed by atoms with Gasteiger partial charge in [-0.1, -0.05) is 38.0 Å². The first-order valence-corrected chi connectivity index (χ1v) is 12.3. The molecule has 0 spiro atoms. The highest BCUT2D eigenvalue weighted by molar-refractivity contribution is 5.51. The van der Waals surface area contributed by atoms with Crippen molar-refractivity contribution in [1.29, 1.82) is 0 Å². The number of ether oxygens (including phenoxy) is 4. The summed E-state index contributed by atoms with van der Waals surface area (Å²) in [7, 11) is 0. The van der Waals surface area contributed by atoms with E-state index in [1.54, 1.807) is 12.1 Å². The van der Waals surface area contributed by atoms with E-state index in [1.807, 2.05) is 12.1 Å². The van der Waals surface area contributed by atoms with Crippen LogP contribution in [0.1, 0.15) is 56.9 Å². The minimum Gasteiger partial charge on any atom is -0.487 e. The molecule has 0 aromatic heterocycles. The van der Waals surface area contributed by atoms with E-state index in [4.69, 9.17) is 18.9 Å². The Labute approximate surface area is 204 Å². The number of benzene rings is 2. The van der Waals surface area contributed by atoms with Gasteiger partial charge in [-0.2, -0.15) is 8.78 Å². The van der Waals surface area contributed by atoms with Crippen LogP contribution in [0.25, 0.3) is 0 Å². The molecule has 0 unspecified atom stereocenters. The molecule has 4 nitrogen and oxygen atoms in total. The average Bonchev–Trinajstić information content (AvgIpc) is 2.86. The molecule has 0 radical (unpaired) electrons. The molecule has 3 rings (SSSR count). The molecule has 0 N–H and O–H groups in total.